The summed E-state index contributed by atoms with van der Waals surface area (Å²) in [5.74, 6) is 3.40. The number of alkyl halides is 3. The number of nitrogens with one attached hydrogen (secondary N) is 1. The molecule has 1 aromatic rings. The first-order chi connectivity index (χ1) is 9.90. The minimum atomic E-state index is -4.12. The lowest BCUT2D eigenvalue weighted by molar-refractivity contribution is -0.187. The van der Waals surface area contributed by atoms with Gasteiger partial charge in [-0.1, -0.05) is 12.1 Å². The summed E-state index contributed by atoms with van der Waals surface area (Å²) in [5.41, 5.74) is 3.34. The molecular formula is C14H18F3N3O. The van der Waals surface area contributed by atoms with Crippen molar-refractivity contribution in [1.29, 1.82) is 0 Å². The van der Waals surface area contributed by atoms with Gasteiger partial charge in [-0.15, -0.1) is 0 Å². The fourth-order valence-electron chi connectivity index (χ4n) is 2.57. The van der Waals surface area contributed by atoms with Crippen molar-refractivity contribution in [2.45, 2.75) is 25.6 Å². The van der Waals surface area contributed by atoms with Gasteiger partial charge < -0.3 is 0 Å². The number of piperidine rings is 1. The number of hydrogen-bond acceptors (Lipinski definition) is 3. The second-order valence-corrected chi connectivity index (χ2v) is 5.29. The van der Waals surface area contributed by atoms with E-state index in [0.29, 0.717) is 25.1 Å². The maximum atomic E-state index is 12.8. The van der Waals surface area contributed by atoms with Gasteiger partial charge in [-0.05, 0) is 37.1 Å². The van der Waals surface area contributed by atoms with Crippen LogP contribution in [0.3, 0.4) is 0 Å². The van der Waals surface area contributed by atoms with E-state index in [9.17, 15) is 18.0 Å². The van der Waals surface area contributed by atoms with Crippen LogP contribution in [-0.2, 0) is 6.54 Å². The zero-order valence-corrected chi connectivity index (χ0v) is 11.5. The van der Waals surface area contributed by atoms with Crippen molar-refractivity contribution in [1.82, 2.24) is 10.3 Å². The molecule has 0 aliphatic carbocycles. The predicted molar refractivity (Wildman–Crippen MR) is 72.2 cm³/mol. The van der Waals surface area contributed by atoms with E-state index in [2.05, 4.69) is 0 Å². The summed E-state index contributed by atoms with van der Waals surface area (Å²) in [6, 6.07) is 6.70. The number of amides is 1. The molecule has 7 heteroatoms. The van der Waals surface area contributed by atoms with Crippen LogP contribution in [0.2, 0.25) is 0 Å². The Hall–Kier alpha value is -1.60. The number of nitrogens with zero attached hydrogens (tertiary/aromatic N) is 1. The molecule has 0 radical (unpaired) electrons. The summed E-state index contributed by atoms with van der Waals surface area (Å²) in [6.45, 7) is 1.16. The molecule has 3 N–H and O–H groups in total. The van der Waals surface area contributed by atoms with Crippen LogP contribution in [0.5, 0.6) is 0 Å². The number of halogens is 3. The molecule has 1 atom stereocenters. The second kappa shape index (κ2) is 6.44. The summed E-state index contributed by atoms with van der Waals surface area (Å²) in [4.78, 5) is 13.1. The molecule has 1 heterocycles. The van der Waals surface area contributed by atoms with Crippen LogP contribution in [0.1, 0.15) is 28.8 Å². The highest BCUT2D eigenvalue weighted by molar-refractivity contribution is 5.93. The van der Waals surface area contributed by atoms with Gasteiger partial charge in [0.05, 0.1) is 5.92 Å². The Labute approximate surface area is 121 Å². The molecule has 1 unspecified atom stereocenters. The van der Waals surface area contributed by atoms with Gasteiger partial charge in [-0.25, -0.2) is 5.84 Å². The zero-order chi connectivity index (χ0) is 15.5. The second-order valence-electron chi connectivity index (χ2n) is 5.29. The van der Waals surface area contributed by atoms with Crippen LogP contribution >= 0.6 is 0 Å². The lowest BCUT2D eigenvalue weighted by atomic mass is 9.97. The van der Waals surface area contributed by atoms with Crippen LogP contribution < -0.4 is 11.3 Å². The Balaban J connectivity index is 1.96. The fourth-order valence-corrected chi connectivity index (χ4v) is 2.57. The van der Waals surface area contributed by atoms with Crippen molar-refractivity contribution in [2.24, 2.45) is 11.8 Å². The van der Waals surface area contributed by atoms with Crippen LogP contribution in [0.15, 0.2) is 24.3 Å². The number of likely N-dealkylation sites (tertiary alicyclic amines) is 1. The minimum absolute atomic E-state index is 0.0362. The first-order valence-electron chi connectivity index (χ1n) is 6.79. The molecule has 1 aromatic carbocycles. The van der Waals surface area contributed by atoms with Crippen LogP contribution in [0, 0.1) is 5.92 Å². The molecule has 4 nitrogen and oxygen atoms in total. The molecule has 1 aliphatic heterocycles. The lowest BCUT2D eigenvalue weighted by Gasteiger charge is -2.33. The van der Waals surface area contributed by atoms with Gasteiger partial charge in [-0.2, -0.15) is 13.2 Å². The average molecular weight is 301 g/mol. The number of benzene rings is 1. The van der Waals surface area contributed by atoms with Gasteiger partial charge in [-0.3, -0.25) is 15.1 Å². The summed E-state index contributed by atoms with van der Waals surface area (Å²) >= 11 is 0. The molecule has 1 aliphatic rings. The van der Waals surface area contributed by atoms with Crippen molar-refractivity contribution >= 4 is 5.91 Å². The van der Waals surface area contributed by atoms with Gasteiger partial charge in [0, 0.05) is 18.7 Å². The highest BCUT2D eigenvalue weighted by Gasteiger charge is 2.41. The minimum Gasteiger partial charge on any atom is -0.298 e. The number of hydrogen-bond donors (Lipinski definition) is 2. The first kappa shape index (κ1) is 15.8. The fraction of sp³-hybridized carbons (Fsp3) is 0.500. The third-order valence-electron chi connectivity index (χ3n) is 3.72. The Morgan fingerprint density at radius 2 is 2.00 bits per heavy atom. The van der Waals surface area contributed by atoms with E-state index < -0.39 is 18.0 Å². The van der Waals surface area contributed by atoms with Crippen LogP contribution in [0.4, 0.5) is 13.2 Å². The van der Waals surface area contributed by atoms with E-state index in [1.807, 2.05) is 5.43 Å². The van der Waals surface area contributed by atoms with Crippen molar-refractivity contribution in [3.8, 4) is 0 Å². The topological polar surface area (TPSA) is 58.4 Å². The van der Waals surface area contributed by atoms with E-state index in [-0.39, 0.29) is 13.0 Å². The molecule has 0 saturated carbocycles. The van der Waals surface area contributed by atoms with E-state index in [1.165, 1.54) is 0 Å². The number of carbonyl (C=O) groups is 1. The Kier molecular flexibility index (Phi) is 4.84. The number of rotatable bonds is 3. The summed E-state index contributed by atoms with van der Waals surface area (Å²) in [7, 11) is 0. The predicted octanol–water partition coefficient (Wildman–Crippen LogP) is 2.06. The SMILES string of the molecule is NNC(=O)c1ccc(CN2CCCC(C(F)(F)F)C2)cc1. The average Bonchev–Trinajstić information content (AvgIpc) is 2.47. The highest BCUT2D eigenvalue weighted by Crippen LogP contribution is 2.33. The van der Waals surface area contributed by atoms with Gasteiger partial charge in [0.1, 0.15) is 0 Å². The van der Waals surface area contributed by atoms with E-state index in [4.69, 9.17) is 5.84 Å². The molecule has 1 fully saturated rings. The first-order valence-corrected chi connectivity index (χ1v) is 6.79. The summed E-state index contributed by atoms with van der Waals surface area (Å²) in [5, 5.41) is 0. The molecular weight excluding hydrogens is 283 g/mol. The van der Waals surface area contributed by atoms with E-state index in [0.717, 1.165) is 5.56 Å². The molecule has 116 valence electrons. The lowest BCUT2D eigenvalue weighted by Crippen LogP contribution is -2.41. The van der Waals surface area contributed by atoms with E-state index in [1.54, 1.807) is 29.2 Å². The van der Waals surface area contributed by atoms with Crippen molar-refractivity contribution in [2.75, 3.05) is 13.1 Å². The largest absolute Gasteiger partial charge is 0.393 e. The highest BCUT2D eigenvalue weighted by atomic mass is 19.4. The monoisotopic (exact) mass is 301 g/mol. The maximum Gasteiger partial charge on any atom is 0.393 e. The molecule has 0 bridgehead atoms. The zero-order valence-electron chi connectivity index (χ0n) is 11.5. The van der Waals surface area contributed by atoms with Crippen LogP contribution in [0.25, 0.3) is 0 Å². The van der Waals surface area contributed by atoms with Gasteiger partial charge in [0.25, 0.3) is 5.91 Å². The molecule has 1 saturated heterocycles. The molecule has 21 heavy (non-hydrogen) atoms. The molecule has 0 spiro atoms. The third kappa shape index (κ3) is 4.18. The maximum absolute atomic E-state index is 12.8. The van der Waals surface area contributed by atoms with E-state index >= 15 is 0 Å². The van der Waals surface area contributed by atoms with Crippen LogP contribution in [-0.4, -0.2) is 30.1 Å². The Morgan fingerprint density at radius 3 is 2.57 bits per heavy atom. The number of hydrazine groups is 1. The van der Waals surface area contributed by atoms with Gasteiger partial charge in [0.2, 0.25) is 0 Å². The molecule has 2 rings (SSSR count). The van der Waals surface area contributed by atoms with Gasteiger partial charge in [0.15, 0.2) is 0 Å². The summed E-state index contributed by atoms with van der Waals surface area (Å²) < 4.78 is 38.3. The number of nitrogens with two attached hydrogens (primary N) is 1. The standard InChI is InChI=1S/C14H18F3N3O/c15-14(16,17)12-2-1-7-20(9-12)8-10-3-5-11(6-4-10)13(21)19-18/h3-6,12H,1-2,7-9,18H2,(H,19,21). The normalized spacial score (nSPS) is 20.3. The van der Waals surface area contributed by atoms with Crippen molar-refractivity contribution in [3.63, 3.8) is 0 Å². The summed E-state index contributed by atoms with van der Waals surface area (Å²) in [6.07, 6.45) is -3.37. The Morgan fingerprint density at radius 1 is 1.33 bits per heavy atom. The number of carbonyl (C=O) groups excluding carboxylic acids is 1. The molecule has 0 aromatic heterocycles. The van der Waals surface area contributed by atoms with Crippen molar-refractivity contribution < 1.29 is 18.0 Å². The van der Waals surface area contributed by atoms with Gasteiger partial charge >= 0.3 is 6.18 Å². The number of nitrogen functional groups attached to an aromatic ring is 1. The molecule has 1 amide bonds. The quantitative estimate of drug-likeness (QED) is 0.510. The van der Waals surface area contributed by atoms with Crippen molar-refractivity contribution in [3.05, 3.63) is 35.4 Å². The third-order valence-corrected chi connectivity index (χ3v) is 3.72. The Bertz CT molecular complexity index is 487. The smallest absolute Gasteiger partial charge is 0.298 e.